The number of nitrogens with one attached hydrogen (secondary N) is 1. The smallest absolute Gasteiger partial charge is 0.250 e. The summed E-state index contributed by atoms with van der Waals surface area (Å²) in [6.45, 7) is 0. The van der Waals surface area contributed by atoms with E-state index < -0.39 is 5.91 Å². The van der Waals surface area contributed by atoms with Crippen molar-refractivity contribution in [3.05, 3.63) is 27.1 Å². The van der Waals surface area contributed by atoms with Crippen molar-refractivity contribution in [1.29, 1.82) is 0 Å². The van der Waals surface area contributed by atoms with Crippen LogP contribution in [-0.4, -0.2) is 5.91 Å². The molecule has 1 aromatic rings. The van der Waals surface area contributed by atoms with Gasteiger partial charge in [0.15, 0.2) is 0 Å². The van der Waals surface area contributed by atoms with E-state index in [0.717, 1.165) is 11.3 Å². The van der Waals surface area contributed by atoms with Crippen LogP contribution in [0.1, 0.15) is 14.5 Å². The summed E-state index contributed by atoms with van der Waals surface area (Å²) in [4.78, 5) is 11.6. The van der Waals surface area contributed by atoms with Crippen molar-refractivity contribution < 1.29 is 4.79 Å². The van der Waals surface area contributed by atoms with E-state index in [1.165, 1.54) is 11.5 Å². The van der Waals surface area contributed by atoms with Crippen LogP contribution in [0.25, 0.3) is 0 Å². The number of amides is 1. The highest BCUT2D eigenvalue weighted by Crippen LogP contribution is 2.14. The summed E-state index contributed by atoms with van der Waals surface area (Å²) in [7, 11) is 0. The molecule has 1 amide bonds. The maximum atomic E-state index is 10.7. The Morgan fingerprint density at radius 3 is 2.91 bits per heavy atom. The van der Waals surface area contributed by atoms with Gasteiger partial charge in [-0.25, -0.2) is 0 Å². The molecule has 0 aliphatic carbocycles. The third-order valence-electron chi connectivity index (χ3n) is 1.06. The molecule has 11 heavy (non-hydrogen) atoms. The van der Waals surface area contributed by atoms with Gasteiger partial charge in [0, 0.05) is 0 Å². The molecule has 0 bridgehead atoms. The molecule has 1 N–H and O–H groups in total. The van der Waals surface area contributed by atoms with Crippen LogP contribution in [0.5, 0.6) is 0 Å². The van der Waals surface area contributed by atoms with Gasteiger partial charge in [-0.1, -0.05) is 5.92 Å². The van der Waals surface area contributed by atoms with Crippen molar-refractivity contribution in [1.82, 2.24) is 5.48 Å². The van der Waals surface area contributed by atoms with Crippen molar-refractivity contribution in [2.24, 2.45) is 0 Å². The fraction of sp³-hybridized carbons (Fsp3) is 0. The summed E-state index contributed by atoms with van der Waals surface area (Å²) in [6, 6.07) is 3.14. The predicted molar refractivity (Wildman–Crippen MR) is 43.1 cm³/mol. The highest BCUT2D eigenvalue weighted by molar-refractivity contribution is 7.14. The Balaban J connectivity index is 2.91. The van der Waals surface area contributed by atoms with Crippen LogP contribution in [0.3, 0.4) is 0 Å². The van der Waals surface area contributed by atoms with Gasteiger partial charge in [0.1, 0.15) is 0 Å². The third-order valence-corrected chi connectivity index (χ3v) is 2.08. The zero-order valence-electron chi connectivity index (χ0n) is 5.46. The van der Waals surface area contributed by atoms with Gasteiger partial charge in [-0.3, -0.25) is 4.79 Å². The van der Waals surface area contributed by atoms with Crippen molar-refractivity contribution in [3.8, 4) is 12.3 Å². The van der Waals surface area contributed by atoms with Gasteiger partial charge >= 0.3 is 0 Å². The fourth-order valence-corrected chi connectivity index (χ4v) is 1.29. The van der Waals surface area contributed by atoms with Crippen molar-refractivity contribution in [2.75, 3.05) is 0 Å². The Bertz CT molecular complexity index is 310. The summed E-state index contributed by atoms with van der Waals surface area (Å²) < 4.78 is 0. The Kier molecular flexibility index (Phi) is 2.26. The number of hydroxylamine groups is 1. The van der Waals surface area contributed by atoms with E-state index in [-0.39, 0.29) is 0 Å². The monoisotopic (exact) mass is 166 g/mol. The van der Waals surface area contributed by atoms with E-state index in [4.69, 9.17) is 6.42 Å². The Hall–Kier alpha value is -1.31. The molecule has 0 saturated heterocycles. The number of terminal acetylenes is 1. The van der Waals surface area contributed by atoms with Crippen molar-refractivity contribution in [3.63, 3.8) is 0 Å². The average Bonchev–Trinajstić information content (AvgIpc) is 2.50. The van der Waals surface area contributed by atoms with Crippen LogP contribution in [0.4, 0.5) is 0 Å². The van der Waals surface area contributed by atoms with Gasteiger partial charge in [-0.2, -0.15) is 0 Å². The number of rotatable bonds is 1. The van der Waals surface area contributed by atoms with E-state index >= 15 is 0 Å². The maximum Gasteiger partial charge on any atom is 0.250 e. The van der Waals surface area contributed by atoms with Crippen LogP contribution in [-0.2, 0) is 0 Å². The molecule has 0 atom stereocenters. The Labute approximate surface area is 67.6 Å². The van der Waals surface area contributed by atoms with Gasteiger partial charge < -0.3 is 10.7 Å². The fourth-order valence-electron chi connectivity index (χ4n) is 0.588. The van der Waals surface area contributed by atoms with Gasteiger partial charge in [-0.05, 0) is 12.1 Å². The molecule has 3 nitrogen and oxygen atoms in total. The molecule has 4 heteroatoms. The first-order valence-corrected chi connectivity index (χ1v) is 3.58. The standard InChI is InChI=1S/C7H4NO2S/c1-2-5-3-4-6(11-5)7(9)8-10/h1,3-4H,(H-,8,9,10)/q-1. The minimum absolute atomic E-state index is 0.341. The molecule has 1 heterocycles. The lowest BCUT2D eigenvalue weighted by molar-refractivity contribution is 0.0974. The largest absolute Gasteiger partial charge is 0.759 e. The second-order valence-corrected chi connectivity index (χ2v) is 2.82. The summed E-state index contributed by atoms with van der Waals surface area (Å²) in [5, 5.41) is 9.88. The van der Waals surface area contributed by atoms with Gasteiger partial charge in [0.05, 0.1) is 9.75 Å². The van der Waals surface area contributed by atoms with E-state index in [9.17, 15) is 10.0 Å². The lowest BCUT2D eigenvalue weighted by Gasteiger charge is -2.02. The number of hydrogen-bond acceptors (Lipinski definition) is 3. The summed E-state index contributed by atoms with van der Waals surface area (Å²) >= 11 is 1.12. The zero-order valence-corrected chi connectivity index (χ0v) is 6.27. The third kappa shape index (κ3) is 1.58. The minimum atomic E-state index is -0.642. The molecule has 0 saturated carbocycles. The number of carbonyl (C=O) groups is 1. The lowest BCUT2D eigenvalue weighted by atomic mass is 10.4. The molecule has 0 aliphatic heterocycles. The second kappa shape index (κ2) is 3.19. The Morgan fingerprint density at radius 2 is 2.45 bits per heavy atom. The lowest BCUT2D eigenvalue weighted by Crippen LogP contribution is -2.13. The minimum Gasteiger partial charge on any atom is -0.759 e. The molecule has 0 unspecified atom stereocenters. The topological polar surface area (TPSA) is 52.2 Å². The molecular formula is C7H4NO2S-. The molecule has 0 spiro atoms. The second-order valence-electron chi connectivity index (χ2n) is 1.74. The molecule has 1 rings (SSSR count). The highest BCUT2D eigenvalue weighted by atomic mass is 32.1. The summed E-state index contributed by atoms with van der Waals surface area (Å²) in [6.07, 6.45) is 5.06. The molecule has 0 aromatic carbocycles. The SMILES string of the molecule is C#Cc1ccc(C(=O)N[O-])s1. The van der Waals surface area contributed by atoms with Gasteiger partial charge in [0.25, 0.3) is 5.91 Å². The predicted octanol–water partition coefficient (Wildman–Crippen LogP) is 0.957. The first-order chi connectivity index (χ1) is 5.27. The molecule has 0 aliphatic rings. The van der Waals surface area contributed by atoms with Crippen LogP contribution in [0.2, 0.25) is 0 Å². The zero-order chi connectivity index (χ0) is 8.27. The van der Waals surface area contributed by atoms with Crippen LogP contribution < -0.4 is 5.48 Å². The summed E-state index contributed by atoms with van der Waals surface area (Å²) in [5.41, 5.74) is 1.27. The van der Waals surface area contributed by atoms with E-state index in [0.29, 0.717) is 9.75 Å². The molecule has 0 fully saturated rings. The van der Waals surface area contributed by atoms with E-state index in [1.54, 1.807) is 6.07 Å². The molecule has 1 aromatic heterocycles. The number of carbonyl (C=O) groups excluding carboxylic acids is 1. The van der Waals surface area contributed by atoms with E-state index in [1.807, 2.05) is 0 Å². The Morgan fingerprint density at radius 1 is 1.73 bits per heavy atom. The van der Waals surface area contributed by atoms with Crippen molar-refractivity contribution in [2.45, 2.75) is 0 Å². The van der Waals surface area contributed by atoms with E-state index in [2.05, 4.69) is 5.92 Å². The molecule has 56 valence electrons. The van der Waals surface area contributed by atoms with Crippen LogP contribution >= 0.6 is 11.3 Å². The molecular weight excluding hydrogens is 162 g/mol. The van der Waals surface area contributed by atoms with Crippen LogP contribution in [0.15, 0.2) is 12.1 Å². The molecule has 0 radical (unpaired) electrons. The summed E-state index contributed by atoms with van der Waals surface area (Å²) in [5.74, 6) is 1.72. The number of hydrogen-bond donors (Lipinski definition) is 1. The first-order valence-electron chi connectivity index (χ1n) is 2.77. The first kappa shape index (κ1) is 7.79. The van der Waals surface area contributed by atoms with Gasteiger partial charge in [0.2, 0.25) is 0 Å². The maximum absolute atomic E-state index is 10.7. The average molecular weight is 166 g/mol. The van der Waals surface area contributed by atoms with Gasteiger partial charge in [-0.15, -0.1) is 17.8 Å². The quantitative estimate of drug-likeness (QED) is 0.499. The van der Waals surface area contributed by atoms with Crippen molar-refractivity contribution >= 4 is 17.2 Å². The number of thiophene rings is 1. The normalized spacial score (nSPS) is 8.73. The van der Waals surface area contributed by atoms with Crippen LogP contribution in [0, 0.1) is 17.6 Å². The highest BCUT2D eigenvalue weighted by Gasteiger charge is 2.02.